The maximum absolute atomic E-state index is 12.3. The van der Waals surface area contributed by atoms with Crippen LogP contribution in [0.25, 0.3) is 6.08 Å². The van der Waals surface area contributed by atoms with Gasteiger partial charge < -0.3 is 0 Å². The molecule has 18 heavy (non-hydrogen) atoms. The molecule has 0 spiro atoms. The van der Waals surface area contributed by atoms with E-state index in [1.54, 1.807) is 30.3 Å². The Bertz CT molecular complexity index is 520. The van der Waals surface area contributed by atoms with Gasteiger partial charge in [-0.2, -0.15) is 17.5 Å². The Morgan fingerprint density at radius 2 is 1.78 bits per heavy atom. The molecule has 0 saturated heterocycles. The van der Waals surface area contributed by atoms with Gasteiger partial charge in [-0.25, -0.2) is 8.42 Å². The molecule has 0 radical (unpaired) electrons. The highest BCUT2D eigenvalue weighted by atomic mass is 32.2. The molecule has 1 aromatic rings. The third-order valence-corrected chi connectivity index (χ3v) is 3.86. The summed E-state index contributed by atoms with van der Waals surface area (Å²) in [6.07, 6.45) is 1.58. The maximum Gasteiger partial charge on any atom is 0.511 e. The summed E-state index contributed by atoms with van der Waals surface area (Å²) in [5, 5.41) is 0. The predicted molar refractivity (Wildman–Crippen MR) is 63.0 cm³/mol. The SMILES string of the molecule is C=Cc1ccc(CN(C)S(=O)(=O)C(F)(F)F)cc1. The first kappa shape index (κ1) is 14.7. The van der Waals surface area contributed by atoms with Crippen LogP contribution in [0.3, 0.4) is 0 Å². The van der Waals surface area contributed by atoms with Gasteiger partial charge in [0.1, 0.15) is 0 Å². The van der Waals surface area contributed by atoms with Crippen molar-refractivity contribution in [1.82, 2.24) is 4.31 Å². The van der Waals surface area contributed by atoms with E-state index in [9.17, 15) is 21.6 Å². The molecule has 0 bridgehead atoms. The van der Waals surface area contributed by atoms with Crippen molar-refractivity contribution in [1.29, 1.82) is 0 Å². The number of sulfonamides is 1. The fourth-order valence-electron chi connectivity index (χ4n) is 1.28. The summed E-state index contributed by atoms with van der Waals surface area (Å²) >= 11 is 0. The number of halogens is 3. The summed E-state index contributed by atoms with van der Waals surface area (Å²) in [6, 6.07) is 6.41. The van der Waals surface area contributed by atoms with Gasteiger partial charge in [0.2, 0.25) is 0 Å². The Balaban J connectivity index is 2.88. The van der Waals surface area contributed by atoms with Crippen molar-refractivity contribution < 1.29 is 21.6 Å². The van der Waals surface area contributed by atoms with Gasteiger partial charge in [0.05, 0.1) is 0 Å². The molecule has 0 aromatic heterocycles. The average molecular weight is 279 g/mol. The Labute approximate surface area is 104 Å². The third-order valence-electron chi connectivity index (χ3n) is 2.32. The van der Waals surface area contributed by atoms with Gasteiger partial charge >= 0.3 is 15.5 Å². The summed E-state index contributed by atoms with van der Waals surface area (Å²) in [7, 11) is -4.38. The third kappa shape index (κ3) is 3.11. The largest absolute Gasteiger partial charge is 0.511 e. The van der Waals surface area contributed by atoms with E-state index in [1.807, 2.05) is 0 Å². The minimum absolute atomic E-state index is 0.274. The van der Waals surface area contributed by atoms with E-state index in [1.165, 1.54) is 0 Å². The van der Waals surface area contributed by atoms with Gasteiger partial charge in [-0.15, -0.1) is 0 Å². The Hall–Kier alpha value is -1.34. The Morgan fingerprint density at radius 1 is 1.28 bits per heavy atom. The van der Waals surface area contributed by atoms with Crippen molar-refractivity contribution in [3.05, 3.63) is 42.0 Å². The normalized spacial score (nSPS) is 12.7. The summed E-state index contributed by atoms with van der Waals surface area (Å²) in [5.74, 6) is 0. The van der Waals surface area contributed by atoms with Gasteiger partial charge in [-0.1, -0.05) is 36.9 Å². The number of nitrogens with zero attached hydrogens (tertiary/aromatic N) is 1. The van der Waals surface area contributed by atoms with Crippen LogP contribution in [0.4, 0.5) is 13.2 Å². The molecule has 0 saturated carbocycles. The van der Waals surface area contributed by atoms with E-state index in [0.717, 1.165) is 12.6 Å². The standard InChI is InChI=1S/C11H12F3NO2S/c1-3-9-4-6-10(7-5-9)8-15(2)18(16,17)11(12,13)14/h3-7H,1,8H2,2H3. The molecule has 0 heterocycles. The number of rotatable bonds is 4. The predicted octanol–water partition coefficient (Wildman–Crippen LogP) is 2.61. The fraction of sp³-hybridized carbons (Fsp3) is 0.273. The molecule has 0 atom stereocenters. The minimum Gasteiger partial charge on any atom is -0.203 e. The van der Waals surface area contributed by atoms with Crippen LogP contribution in [0.1, 0.15) is 11.1 Å². The molecule has 0 aliphatic carbocycles. The minimum atomic E-state index is -5.28. The molecule has 0 amide bonds. The molecule has 7 heteroatoms. The molecule has 0 fully saturated rings. The van der Waals surface area contributed by atoms with Crippen LogP contribution >= 0.6 is 0 Å². The van der Waals surface area contributed by atoms with E-state index >= 15 is 0 Å². The van der Waals surface area contributed by atoms with E-state index in [0.29, 0.717) is 5.56 Å². The quantitative estimate of drug-likeness (QED) is 0.849. The summed E-state index contributed by atoms with van der Waals surface area (Å²) in [5.41, 5.74) is -4.00. The molecule has 100 valence electrons. The van der Waals surface area contributed by atoms with Crippen molar-refractivity contribution in [2.75, 3.05) is 7.05 Å². The van der Waals surface area contributed by atoms with Crippen LogP contribution in [0, 0.1) is 0 Å². The van der Waals surface area contributed by atoms with E-state index in [2.05, 4.69) is 6.58 Å². The van der Waals surface area contributed by atoms with Crippen LogP contribution in [-0.2, 0) is 16.6 Å². The average Bonchev–Trinajstić information content (AvgIpc) is 2.28. The van der Waals surface area contributed by atoms with Gasteiger partial charge in [0.15, 0.2) is 0 Å². The zero-order chi connectivity index (χ0) is 14.0. The first-order valence-corrected chi connectivity index (χ1v) is 6.36. The molecule has 1 rings (SSSR count). The highest BCUT2D eigenvalue weighted by Gasteiger charge is 2.48. The Morgan fingerprint density at radius 3 is 2.17 bits per heavy atom. The highest BCUT2D eigenvalue weighted by molar-refractivity contribution is 7.89. The van der Waals surface area contributed by atoms with Crippen molar-refractivity contribution in [2.45, 2.75) is 12.1 Å². The van der Waals surface area contributed by atoms with Gasteiger partial charge in [0.25, 0.3) is 0 Å². The molecule has 0 aliphatic heterocycles. The lowest BCUT2D eigenvalue weighted by Crippen LogP contribution is -2.37. The molecule has 3 nitrogen and oxygen atoms in total. The van der Waals surface area contributed by atoms with Crippen LogP contribution in [0.15, 0.2) is 30.8 Å². The van der Waals surface area contributed by atoms with Gasteiger partial charge in [-0.05, 0) is 11.1 Å². The molecule has 0 aliphatic rings. The van der Waals surface area contributed by atoms with Crippen molar-refractivity contribution >= 4 is 16.1 Å². The molecular weight excluding hydrogens is 267 g/mol. The summed E-state index contributed by atoms with van der Waals surface area (Å²) in [4.78, 5) is 0. The monoisotopic (exact) mass is 279 g/mol. The fourth-order valence-corrected chi connectivity index (χ4v) is 1.95. The van der Waals surface area contributed by atoms with Crippen LogP contribution in [0.5, 0.6) is 0 Å². The maximum atomic E-state index is 12.3. The molecular formula is C11H12F3NO2S. The Kier molecular flexibility index (Phi) is 4.18. The van der Waals surface area contributed by atoms with E-state index in [-0.39, 0.29) is 10.8 Å². The van der Waals surface area contributed by atoms with Gasteiger partial charge in [-0.3, -0.25) is 0 Å². The van der Waals surface area contributed by atoms with E-state index in [4.69, 9.17) is 0 Å². The second-order valence-electron chi connectivity index (χ2n) is 3.65. The lowest BCUT2D eigenvalue weighted by atomic mass is 10.1. The second-order valence-corrected chi connectivity index (χ2v) is 5.69. The van der Waals surface area contributed by atoms with Crippen LogP contribution < -0.4 is 0 Å². The highest BCUT2D eigenvalue weighted by Crippen LogP contribution is 2.26. The summed E-state index contributed by atoms with van der Waals surface area (Å²) < 4.78 is 59.2. The second kappa shape index (κ2) is 5.11. The lowest BCUT2D eigenvalue weighted by molar-refractivity contribution is -0.0484. The zero-order valence-electron chi connectivity index (χ0n) is 9.61. The number of alkyl halides is 3. The number of benzene rings is 1. The molecule has 0 unspecified atom stereocenters. The van der Waals surface area contributed by atoms with Gasteiger partial charge in [0, 0.05) is 13.6 Å². The lowest BCUT2D eigenvalue weighted by Gasteiger charge is -2.18. The van der Waals surface area contributed by atoms with Crippen molar-refractivity contribution in [2.24, 2.45) is 0 Å². The molecule has 0 N–H and O–H groups in total. The van der Waals surface area contributed by atoms with Crippen molar-refractivity contribution in [3.63, 3.8) is 0 Å². The number of hydrogen-bond acceptors (Lipinski definition) is 2. The zero-order valence-corrected chi connectivity index (χ0v) is 10.4. The summed E-state index contributed by atoms with van der Waals surface area (Å²) in [6.45, 7) is 3.20. The van der Waals surface area contributed by atoms with Crippen molar-refractivity contribution in [3.8, 4) is 0 Å². The smallest absolute Gasteiger partial charge is 0.203 e. The number of hydrogen-bond donors (Lipinski definition) is 0. The van der Waals surface area contributed by atoms with E-state index < -0.39 is 15.5 Å². The topological polar surface area (TPSA) is 37.4 Å². The first-order chi connectivity index (χ1) is 8.18. The van der Waals surface area contributed by atoms with Crippen LogP contribution in [-0.4, -0.2) is 25.3 Å². The first-order valence-electron chi connectivity index (χ1n) is 4.92. The molecule has 1 aromatic carbocycles. The van der Waals surface area contributed by atoms with Crippen LogP contribution in [0.2, 0.25) is 0 Å².